The number of nitrogens with zero attached hydrogens (tertiary/aromatic N) is 2. The molecule has 3 nitrogen and oxygen atoms in total. The highest BCUT2D eigenvalue weighted by atomic mass is 15.1. The summed E-state index contributed by atoms with van der Waals surface area (Å²) in [6, 6.07) is 10.1. The molecule has 0 saturated carbocycles. The van der Waals surface area contributed by atoms with Crippen LogP contribution in [0.2, 0.25) is 0 Å². The van der Waals surface area contributed by atoms with Gasteiger partial charge in [-0.3, -0.25) is 4.98 Å². The number of aromatic nitrogens is 1. The maximum Gasteiger partial charge on any atom is 0.0395 e. The third-order valence-electron chi connectivity index (χ3n) is 3.14. The van der Waals surface area contributed by atoms with E-state index in [2.05, 4.69) is 35.9 Å². The van der Waals surface area contributed by atoms with Gasteiger partial charge in [0, 0.05) is 48.0 Å². The van der Waals surface area contributed by atoms with Crippen molar-refractivity contribution in [1.29, 1.82) is 0 Å². The van der Waals surface area contributed by atoms with Crippen LogP contribution in [0.1, 0.15) is 13.8 Å². The first-order valence-electron chi connectivity index (χ1n) is 6.31. The molecule has 2 aromatic rings. The smallest absolute Gasteiger partial charge is 0.0395 e. The Morgan fingerprint density at radius 3 is 2.56 bits per heavy atom. The number of hydrogen-bond donors (Lipinski definition) is 1. The lowest BCUT2D eigenvalue weighted by Gasteiger charge is -2.22. The minimum Gasteiger partial charge on any atom is -0.398 e. The van der Waals surface area contributed by atoms with E-state index in [9.17, 15) is 0 Å². The highest BCUT2D eigenvalue weighted by molar-refractivity contribution is 5.79. The van der Waals surface area contributed by atoms with Crippen molar-refractivity contribution in [3.05, 3.63) is 42.7 Å². The van der Waals surface area contributed by atoms with E-state index in [1.807, 2.05) is 24.4 Å². The molecule has 1 heterocycles. The van der Waals surface area contributed by atoms with Gasteiger partial charge in [0.2, 0.25) is 0 Å². The van der Waals surface area contributed by atoms with Gasteiger partial charge in [0.25, 0.3) is 0 Å². The van der Waals surface area contributed by atoms with Crippen molar-refractivity contribution in [2.75, 3.05) is 23.7 Å². The number of anilines is 2. The van der Waals surface area contributed by atoms with Crippen LogP contribution in [-0.4, -0.2) is 18.1 Å². The van der Waals surface area contributed by atoms with Gasteiger partial charge in [-0.2, -0.15) is 0 Å². The highest BCUT2D eigenvalue weighted by Crippen LogP contribution is 2.29. The number of benzene rings is 1. The molecule has 2 rings (SSSR count). The molecule has 0 spiro atoms. The molecule has 18 heavy (non-hydrogen) atoms. The van der Waals surface area contributed by atoms with Gasteiger partial charge in [-0.05, 0) is 38.1 Å². The van der Waals surface area contributed by atoms with Gasteiger partial charge in [-0.15, -0.1) is 0 Å². The van der Waals surface area contributed by atoms with Gasteiger partial charge in [0.05, 0.1) is 0 Å². The lowest BCUT2D eigenvalue weighted by molar-refractivity contribution is 0.867. The quantitative estimate of drug-likeness (QED) is 0.836. The first kappa shape index (κ1) is 12.4. The fourth-order valence-corrected chi connectivity index (χ4v) is 2.10. The molecular formula is C15H19N3. The standard InChI is InChI=1S/C15H19N3/c1-3-18(4-2)13-7-8-15(16)14(10-13)12-6-5-9-17-11-12/h5-11H,3-4,16H2,1-2H3. The van der Waals surface area contributed by atoms with E-state index in [0.717, 1.165) is 29.9 Å². The van der Waals surface area contributed by atoms with E-state index in [1.165, 1.54) is 5.69 Å². The zero-order valence-corrected chi connectivity index (χ0v) is 10.9. The number of pyridine rings is 1. The van der Waals surface area contributed by atoms with Gasteiger partial charge in [-0.25, -0.2) is 0 Å². The predicted molar refractivity (Wildman–Crippen MR) is 77.6 cm³/mol. The topological polar surface area (TPSA) is 42.1 Å². The maximum atomic E-state index is 6.06. The molecule has 0 radical (unpaired) electrons. The van der Waals surface area contributed by atoms with Crippen molar-refractivity contribution in [2.24, 2.45) is 0 Å². The molecule has 0 fully saturated rings. The molecule has 94 valence electrons. The van der Waals surface area contributed by atoms with E-state index < -0.39 is 0 Å². The van der Waals surface area contributed by atoms with Crippen LogP contribution in [0.5, 0.6) is 0 Å². The summed E-state index contributed by atoms with van der Waals surface area (Å²) in [6.07, 6.45) is 3.62. The van der Waals surface area contributed by atoms with Crippen molar-refractivity contribution >= 4 is 11.4 Å². The van der Waals surface area contributed by atoms with Crippen molar-refractivity contribution in [1.82, 2.24) is 4.98 Å². The third-order valence-corrected chi connectivity index (χ3v) is 3.14. The lowest BCUT2D eigenvalue weighted by atomic mass is 10.0. The molecule has 0 amide bonds. The second-order valence-corrected chi connectivity index (χ2v) is 4.19. The van der Waals surface area contributed by atoms with Crippen molar-refractivity contribution in [3.63, 3.8) is 0 Å². The van der Waals surface area contributed by atoms with E-state index in [1.54, 1.807) is 6.20 Å². The lowest BCUT2D eigenvalue weighted by Crippen LogP contribution is -2.21. The van der Waals surface area contributed by atoms with Crippen LogP contribution in [0.3, 0.4) is 0 Å². The fourth-order valence-electron chi connectivity index (χ4n) is 2.10. The number of rotatable bonds is 4. The van der Waals surface area contributed by atoms with E-state index in [-0.39, 0.29) is 0 Å². The van der Waals surface area contributed by atoms with E-state index >= 15 is 0 Å². The summed E-state index contributed by atoms with van der Waals surface area (Å²) >= 11 is 0. The zero-order valence-electron chi connectivity index (χ0n) is 10.9. The Hall–Kier alpha value is -2.03. The van der Waals surface area contributed by atoms with Gasteiger partial charge < -0.3 is 10.6 Å². The van der Waals surface area contributed by atoms with Crippen LogP contribution in [0.25, 0.3) is 11.1 Å². The Labute approximate surface area is 108 Å². The largest absolute Gasteiger partial charge is 0.398 e. The summed E-state index contributed by atoms with van der Waals surface area (Å²) in [4.78, 5) is 6.45. The van der Waals surface area contributed by atoms with Gasteiger partial charge in [0.1, 0.15) is 0 Å². The van der Waals surface area contributed by atoms with Crippen LogP contribution in [0.4, 0.5) is 11.4 Å². The first-order chi connectivity index (χ1) is 8.76. The normalized spacial score (nSPS) is 10.3. The zero-order chi connectivity index (χ0) is 13.0. The van der Waals surface area contributed by atoms with Crippen LogP contribution in [-0.2, 0) is 0 Å². The van der Waals surface area contributed by atoms with Gasteiger partial charge >= 0.3 is 0 Å². The number of hydrogen-bond acceptors (Lipinski definition) is 3. The molecule has 2 N–H and O–H groups in total. The monoisotopic (exact) mass is 241 g/mol. The SMILES string of the molecule is CCN(CC)c1ccc(N)c(-c2cccnc2)c1. The maximum absolute atomic E-state index is 6.06. The van der Waals surface area contributed by atoms with Gasteiger partial charge in [0.15, 0.2) is 0 Å². The number of nitrogen functional groups attached to an aromatic ring is 1. The van der Waals surface area contributed by atoms with Gasteiger partial charge in [-0.1, -0.05) is 6.07 Å². The second-order valence-electron chi connectivity index (χ2n) is 4.19. The van der Waals surface area contributed by atoms with E-state index in [4.69, 9.17) is 5.73 Å². The molecule has 0 aliphatic carbocycles. The van der Waals surface area contributed by atoms with E-state index in [0.29, 0.717) is 0 Å². The van der Waals surface area contributed by atoms with Crippen molar-refractivity contribution in [2.45, 2.75) is 13.8 Å². The summed E-state index contributed by atoms with van der Waals surface area (Å²) in [5, 5.41) is 0. The second kappa shape index (κ2) is 5.54. The molecule has 0 unspecified atom stereocenters. The predicted octanol–water partition coefficient (Wildman–Crippen LogP) is 3.18. The average Bonchev–Trinajstić information content (AvgIpc) is 2.43. The molecule has 1 aromatic heterocycles. The summed E-state index contributed by atoms with van der Waals surface area (Å²) in [7, 11) is 0. The van der Waals surface area contributed by atoms with Crippen LogP contribution in [0, 0.1) is 0 Å². The minimum absolute atomic E-state index is 0.791. The van der Waals surface area contributed by atoms with Crippen molar-refractivity contribution in [3.8, 4) is 11.1 Å². The Morgan fingerprint density at radius 1 is 1.17 bits per heavy atom. The molecule has 0 aliphatic heterocycles. The molecular weight excluding hydrogens is 222 g/mol. The first-order valence-corrected chi connectivity index (χ1v) is 6.31. The Kier molecular flexibility index (Phi) is 3.82. The summed E-state index contributed by atoms with van der Waals surface area (Å²) in [5.74, 6) is 0. The summed E-state index contributed by atoms with van der Waals surface area (Å²) in [5.41, 5.74) is 10.2. The fraction of sp³-hybridized carbons (Fsp3) is 0.267. The summed E-state index contributed by atoms with van der Waals surface area (Å²) in [6.45, 7) is 6.30. The van der Waals surface area contributed by atoms with Crippen LogP contribution < -0.4 is 10.6 Å². The third kappa shape index (κ3) is 2.45. The number of nitrogens with two attached hydrogens (primary N) is 1. The highest BCUT2D eigenvalue weighted by Gasteiger charge is 2.07. The Bertz CT molecular complexity index is 504. The molecule has 0 bridgehead atoms. The van der Waals surface area contributed by atoms with Crippen LogP contribution in [0.15, 0.2) is 42.7 Å². The molecule has 0 saturated heterocycles. The van der Waals surface area contributed by atoms with Crippen LogP contribution >= 0.6 is 0 Å². The molecule has 0 aliphatic rings. The molecule has 1 aromatic carbocycles. The van der Waals surface area contributed by atoms with Crippen molar-refractivity contribution < 1.29 is 0 Å². The average molecular weight is 241 g/mol. The molecule has 3 heteroatoms. The minimum atomic E-state index is 0.791. The Balaban J connectivity index is 2.45. The molecule has 0 atom stereocenters. The Morgan fingerprint density at radius 2 is 1.94 bits per heavy atom. The summed E-state index contributed by atoms with van der Waals surface area (Å²) < 4.78 is 0.